The number of rotatable bonds is 5. The third kappa shape index (κ3) is 3.64. The van der Waals surface area contributed by atoms with Crippen LogP contribution in [-0.4, -0.2) is 20.4 Å². The van der Waals surface area contributed by atoms with Crippen LogP contribution in [0, 0.1) is 11.8 Å². The Balaban J connectivity index is 1.66. The monoisotopic (exact) mass is 466 g/mol. The zero-order valence-electron chi connectivity index (χ0n) is 20.3. The van der Waals surface area contributed by atoms with Crippen LogP contribution < -0.4 is 5.73 Å². The second-order valence-corrected chi connectivity index (χ2v) is 10.5. The maximum Gasteiger partial charge on any atom is 0.244 e. The number of benzene rings is 2. The summed E-state index contributed by atoms with van der Waals surface area (Å²) in [6.45, 7) is 0. The highest BCUT2D eigenvalue weighted by molar-refractivity contribution is 5.91. The van der Waals surface area contributed by atoms with E-state index in [1.165, 1.54) is 12.8 Å². The van der Waals surface area contributed by atoms with Crippen molar-refractivity contribution >= 4 is 27.8 Å². The first-order valence-electron chi connectivity index (χ1n) is 13.3. The van der Waals surface area contributed by atoms with E-state index >= 15 is 0 Å². The van der Waals surface area contributed by atoms with E-state index in [9.17, 15) is 4.79 Å². The maximum atomic E-state index is 13.9. The Morgan fingerprint density at radius 1 is 0.829 bits per heavy atom. The molecule has 1 amide bonds. The molecule has 180 valence electrons. The summed E-state index contributed by atoms with van der Waals surface area (Å²) in [5.74, 6) is 1.14. The first-order valence-corrected chi connectivity index (χ1v) is 13.3. The summed E-state index contributed by atoms with van der Waals surface area (Å²) in [7, 11) is 0. The molecule has 35 heavy (non-hydrogen) atoms. The minimum atomic E-state index is -0.768. The van der Waals surface area contributed by atoms with Crippen LogP contribution in [-0.2, 0) is 10.3 Å². The zero-order chi connectivity index (χ0) is 23.8. The third-order valence-corrected chi connectivity index (χ3v) is 8.64. The van der Waals surface area contributed by atoms with Crippen LogP contribution in [0.2, 0.25) is 0 Å². The number of aromatic nitrogens is 3. The molecule has 0 radical (unpaired) electrons. The van der Waals surface area contributed by atoms with Gasteiger partial charge >= 0.3 is 0 Å². The van der Waals surface area contributed by atoms with Gasteiger partial charge in [-0.05, 0) is 73.9 Å². The lowest BCUT2D eigenvalue weighted by Gasteiger charge is -2.48. The van der Waals surface area contributed by atoms with Crippen molar-refractivity contribution in [1.82, 2.24) is 14.5 Å². The molecule has 6 rings (SSSR count). The number of amides is 1. The fraction of sp³-hybridized carbons (Fsp3) is 0.433. The summed E-state index contributed by atoms with van der Waals surface area (Å²) in [6, 6.07) is 18.6. The molecular formula is C30H34N4O. The Kier molecular flexibility index (Phi) is 5.79. The van der Waals surface area contributed by atoms with Gasteiger partial charge in [-0.15, -0.1) is 0 Å². The summed E-state index contributed by atoms with van der Waals surface area (Å²) in [4.78, 5) is 23.6. The van der Waals surface area contributed by atoms with E-state index in [0.29, 0.717) is 0 Å². The van der Waals surface area contributed by atoms with E-state index in [4.69, 9.17) is 10.7 Å². The van der Waals surface area contributed by atoms with E-state index in [0.717, 1.165) is 84.7 Å². The molecule has 2 aromatic heterocycles. The number of carbonyl (C=O) groups is 1. The van der Waals surface area contributed by atoms with Crippen molar-refractivity contribution < 1.29 is 4.79 Å². The molecule has 2 fully saturated rings. The van der Waals surface area contributed by atoms with Gasteiger partial charge in [-0.1, -0.05) is 56.7 Å². The Morgan fingerprint density at radius 2 is 1.51 bits per heavy atom. The van der Waals surface area contributed by atoms with Crippen molar-refractivity contribution in [3.05, 3.63) is 60.8 Å². The Morgan fingerprint density at radius 3 is 2.20 bits per heavy atom. The Labute approximate surface area is 206 Å². The molecule has 0 spiro atoms. The van der Waals surface area contributed by atoms with Crippen molar-refractivity contribution in [2.75, 3.05) is 0 Å². The number of carbonyl (C=O) groups excluding carboxylic acids is 1. The van der Waals surface area contributed by atoms with E-state index in [2.05, 4.69) is 52.0 Å². The fourth-order valence-corrected chi connectivity index (χ4v) is 7.11. The molecule has 0 aliphatic heterocycles. The number of nitrogens with two attached hydrogens (primary N) is 1. The highest BCUT2D eigenvalue weighted by Crippen LogP contribution is 2.50. The maximum absolute atomic E-state index is 13.9. The van der Waals surface area contributed by atoms with Crippen LogP contribution >= 0.6 is 0 Å². The molecule has 0 saturated heterocycles. The number of hydrogen-bond donors (Lipinski definition) is 1. The van der Waals surface area contributed by atoms with Gasteiger partial charge in [0.25, 0.3) is 0 Å². The second kappa shape index (κ2) is 9.10. The summed E-state index contributed by atoms with van der Waals surface area (Å²) >= 11 is 0. The first-order chi connectivity index (χ1) is 17.2. The van der Waals surface area contributed by atoms with Gasteiger partial charge in [0.2, 0.25) is 5.91 Å². The molecule has 2 aliphatic carbocycles. The summed E-state index contributed by atoms with van der Waals surface area (Å²) < 4.78 is 2.30. The quantitative estimate of drug-likeness (QED) is 0.360. The van der Waals surface area contributed by atoms with Gasteiger partial charge in [-0.3, -0.25) is 9.78 Å². The van der Waals surface area contributed by atoms with Gasteiger partial charge in [0.1, 0.15) is 11.4 Å². The first kappa shape index (κ1) is 22.3. The van der Waals surface area contributed by atoms with Crippen molar-refractivity contribution in [2.24, 2.45) is 17.6 Å². The molecule has 0 bridgehead atoms. The van der Waals surface area contributed by atoms with E-state index < -0.39 is 5.54 Å². The second-order valence-electron chi connectivity index (χ2n) is 10.5. The molecule has 5 heteroatoms. The topological polar surface area (TPSA) is 73.8 Å². The van der Waals surface area contributed by atoms with Gasteiger partial charge in [0, 0.05) is 17.1 Å². The summed E-state index contributed by atoms with van der Waals surface area (Å²) in [5.41, 5.74) is 9.70. The molecule has 0 unspecified atom stereocenters. The molecule has 2 saturated carbocycles. The van der Waals surface area contributed by atoms with Crippen molar-refractivity contribution in [1.29, 1.82) is 0 Å². The minimum absolute atomic E-state index is 0.178. The van der Waals surface area contributed by atoms with Gasteiger partial charge in [-0.2, -0.15) is 0 Å². The number of nitrogens with zero attached hydrogens (tertiary/aromatic N) is 3. The standard InChI is InChI=1S/C30H34N4O/c31-29(35)30(23-11-3-1-4-12-23,24-13-5-2-6-14-24)34-27-16-8-7-15-26(27)33-28(34)22-17-18-25-21(20-22)10-9-19-32-25/h7-10,15-20,23-24H,1-6,11-14H2,(H2,31,35). The Bertz CT molecular complexity index is 1340. The smallest absolute Gasteiger partial charge is 0.244 e. The molecule has 0 atom stereocenters. The average Bonchev–Trinajstić information content (AvgIpc) is 3.30. The van der Waals surface area contributed by atoms with Crippen LogP contribution in [0.1, 0.15) is 64.2 Å². The molecule has 5 nitrogen and oxygen atoms in total. The molecule has 2 aromatic carbocycles. The van der Waals surface area contributed by atoms with E-state index in [1.54, 1.807) is 0 Å². The van der Waals surface area contributed by atoms with Crippen molar-refractivity contribution in [3.63, 3.8) is 0 Å². The fourth-order valence-electron chi connectivity index (χ4n) is 7.11. The number of primary amides is 1. The number of imidazole rings is 1. The predicted molar refractivity (Wildman–Crippen MR) is 141 cm³/mol. The average molecular weight is 467 g/mol. The summed E-state index contributed by atoms with van der Waals surface area (Å²) in [6.07, 6.45) is 13.1. The lowest BCUT2D eigenvalue weighted by molar-refractivity contribution is -0.135. The van der Waals surface area contributed by atoms with E-state index in [-0.39, 0.29) is 17.7 Å². The zero-order valence-corrected chi connectivity index (χ0v) is 20.3. The minimum Gasteiger partial charge on any atom is -0.368 e. The summed E-state index contributed by atoms with van der Waals surface area (Å²) in [5, 5.41) is 1.07. The number of pyridine rings is 1. The van der Waals surface area contributed by atoms with Gasteiger partial charge in [0.15, 0.2) is 0 Å². The van der Waals surface area contributed by atoms with E-state index in [1.807, 2.05) is 18.3 Å². The van der Waals surface area contributed by atoms with Crippen LogP contribution in [0.15, 0.2) is 60.8 Å². The number of hydrogen-bond acceptors (Lipinski definition) is 3. The normalized spacial score (nSPS) is 18.3. The number of fused-ring (bicyclic) bond motifs is 2. The molecule has 2 heterocycles. The number of para-hydroxylation sites is 2. The van der Waals surface area contributed by atoms with Gasteiger partial charge in [-0.25, -0.2) is 4.98 Å². The van der Waals surface area contributed by atoms with Crippen molar-refractivity contribution in [2.45, 2.75) is 69.7 Å². The largest absolute Gasteiger partial charge is 0.368 e. The predicted octanol–water partition coefficient (Wildman–Crippen LogP) is 6.59. The van der Waals surface area contributed by atoms with Crippen LogP contribution in [0.4, 0.5) is 0 Å². The van der Waals surface area contributed by atoms with Crippen LogP contribution in [0.5, 0.6) is 0 Å². The highest BCUT2D eigenvalue weighted by atomic mass is 16.1. The van der Waals surface area contributed by atoms with Gasteiger partial charge < -0.3 is 10.3 Å². The van der Waals surface area contributed by atoms with Crippen LogP contribution in [0.25, 0.3) is 33.3 Å². The lowest BCUT2D eigenvalue weighted by Crippen LogP contribution is -2.58. The van der Waals surface area contributed by atoms with Crippen LogP contribution in [0.3, 0.4) is 0 Å². The molecule has 2 N–H and O–H groups in total. The Hall–Kier alpha value is -3.21. The SMILES string of the molecule is NC(=O)C(C1CCCCC1)(C1CCCCC1)n1c(-c2ccc3ncccc3c2)nc2ccccc21. The molecule has 2 aliphatic rings. The molecular weight excluding hydrogens is 432 g/mol. The van der Waals surface area contributed by atoms with Crippen molar-refractivity contribution in [3.8, 4) is 11.4 Å². The lowest BCUT2D eigenvalue weighted by atomic mass is 9.63. The molecule has 4 aromatic rings. The van der Waals surface area contributed by atoms with Gasteiger partial charge in [0.05, 0.1) is 16.6 Å². The third-order valence-electron chi connectivity index (χ3n) is 8.64. The highest BCUT2D eigenvalue weighted by Gasteiger charge is 2.53.